The van der Waals surface area contributed by atoms with Crippen molar-refractivity contribution in [2.75, 3.05) is 12.8 Å². The van der Waals surface area contributed by atoms with E-state index in [9.17, 15) is 4.79 Å². The molecule has 0 aliphatic rings. The number of hydrogen-bond donors (Lipinski definition) is 1. The molecule has 1 aromatic heterocycles. The van der Waals surface area contributed by atoms with Crippen LogP contribution in [0.25, 0.3) is 0 Å². The van der Waals surface area contributed by atoms with Gasteiger partial charge in [0, 0.05) is 24.5 Å². The Morgan fingerprint density at radius 3 is 2.44 bits per heavy atom. The van der Waals surface area contributed by atoms with Crippen LogP contribution in [0.5, 0.6) is 0 Å². The number of anilines is 1. The third-order valence-corrected chi connectivity index (χ3v) is 2.87. The molecule has 1 heterocycles. The van der Waals surface area contributed by atoms with Crippen molar-refractivity contribution in [3.8, 4) is 0 Å². The molecule has 1 aromatic carbocycles. The molecule has 0 fully saturated rings. The predicted molar refractivity (Wildman–Crippen MR) is 70.0 cm³/mol. The van der Waals surface area contributed by atoms with Crippen molar-refractivity contribution >= 4 is 11.7 Å². The molecular formula is C14H16N2O2. The van der Waals surface area contributed by atoms with Crippen LogP contribution < -0.4 is 5.73 Å². The zero-order valence-electron chi connectivity index (χ0n) is 10.2. The second-order valence-corrected chi connectivity index (χ2v) is 4.11. The summed E-state index contributed by atoms with van der Waals surface area (Å²) in [7, 11) is 1.40. The highest BCUT2D eigenvalue weighted by Crippen LogP contribution is 2.17. The van der Waals surface area contributed by atoms with Gasteiger partial charge in [0.05, 0.1) is 7.11 Å². The monoisotopic (exact) mass is 244 g/mol. The van der Waals surface area contributed by atoms with Gasteiger partial charge in [-0.15, -0.1) is 0 Å². The first kappa shape index (κ1) is 12.2. The van der Waals surface area contributed by atoms with Crippen LogP contribution in [0, 0.1) is 0 Å². The number of carbonyl (C=O) groups is 1. The number of nitrogens with two attached hydrogens (primary N) is 1. The zero-order valence-corrected chi connectivity index (χ0v) is 10.2. The smallest absolute Gasteiger partial charge is 0.329 e. The second kappa shape index (κ2) is 5.40. The summed E-state index contributed by atoms with van der Waals surface area (Å²) in [5, 5.41) is 0. The molecule has 18 heavy (non-hydrogen) atoms. The summed E-state index contributed by atoms with van der Waals surface area (Å²) < 4.78 is 6.70. The number of nitrogens with zero attached hydrogens (tertiary/aromatic N) is 1. The number of hydrogen-bond acceptors (Lipinski definition) is 3. The molecule has 0 saturated heterocycles. The standard InChI is InChI=1S/C14H16N2O2/c1-18-14(17)13(16-8-2-3-9-16)10-11-4-6-12(15)7-5-11/h2-9,13H,10,15H2,1H3. The number of ether oxygens (including phenoxy) is 1. The molecule has 4 heteroatoms. The third kappa shape index (κ3) is 2.71. The average Bonchev–Trinajstić information content (AvgIpc) is 2.91. The summed E-state index contributed by atoms with van der Waals surface area (Å²) in [4.78, 5) is 11.8. The molecule has 1 atom stereocenters. The van der Waals surface area contributed by atoms with Gasteiger partial charge >= 0.3 is 5.97 Å². The highest BCUT2D eigenvalue weighted by Gasteiger charge is 2.20. The van der Waals surface area contributed by atoms with Crippen LogP contribution in [0.1, 0.15) is 11.6 Å². The number of benzene rings is 1. The summed E-state index contributed by atoms with van der Waals surface area (Å²) in [5.41, 5.74) is 7.41. The Balaban J connectivity index is 2.20. The quantitative estimate of drug-likeness (QED) is 0.661. The number of aromatic nitrogens is 1. The van der Waals surface area contributed by atoms with E-state index in [2.05, 4.69) is 0 Å². The molecule has 1 unspecified atom stereocenters. The molecule has 0 aliphatic carbocycles. The van der Waals surface area contributed by atoms with E-state index in [1.54, 1.807) is 0 Å². The lowest BCUT2D eigenvalue weighted by atomic mass is 10.1. The van der Waals surface area contributed by atoms with Gasteiger partial charge in [0.1, 0.15) is 6.04 Å². The molecule has 2 aromatic rings. The van der Waals surface area contributed by atoms with Gasteiger partial charge in [0.15, 0.2) is 0 Å². The molecule has 0 saturated carbocycles. The Kier molecular flexibility index (Phi) is 3.67. The van der Waals surface area contributed by atoms with E-state index < -0.39 is 0 Å². The zero-order chi connectivity index (χ0) is 13.0. The minimum Gasteiger partial charge on any atom is -0.467 e. The highest BCUT2D eigenvalue weighted by atomic mass is 16.5. The molecule has 94 valence electrons. The van der Waals surface area contributed by atoms with Crippen LogP contribution in [-0.4, -0.2) is 17.6 Å². The summed E-state index contributed by atoms with van der Waals surface area (Å²) in [6, 6.07) is 11.0. The van der Waals surface area contributed by atoms with E-state index in [-0.39, 0.29) is 12.0 Å². The lowest BCUT2D eigenvalue weighted by Crippen LogP contribution is -2.22. The first-order chi connectivity index (χ1) is 8.70. The minimum absolute atomic E-state index is 0.247. The predicted octanol–water partition coefficient (Wildman–Crippen LogP) is 2.03. The summed E-state index contributed by atoms with van der Waals surface area (Å²) in [5.74, 6) is -0.247. The molecule has 4 nitrogen and oxygen atoms in total. The van der Waals surface area contributed by atoms with Gasteiger partial charge in [-0.3, -0.25) is 0 Å². The highest BCUT2D eigenvalue weighted by molar-refractivity contribution is 5.74. The maximum Gasteiger partial charge on any atom is 0.329 e. The minimum atomic E-state index is -0.339. The van der Waals surface area contributed by atoms with Gasteiger partial charge in [-0.05, 0) is 29.8 Å². The second-order valence-electron chi connectivity index (χ2n) is 4.11. The Labute approximate surface area is 106 Å². The molecule has 0 radical (unpaired) electrons. The fourth-order valence-electron chi connectivity index (χ4n) is 1.88. The average molecular weight is 244 g/mol. The van der Waals surface area contributed by atoms with Crippen LogP contribution in [-0.2, 0) is 16.0 Å². The van der Waals surface area contributed by atoms with E-state index in [1.807, 2.05) is 53.4 Å². The van der Waals surface area contributed by atoms with Crippen LogP contribution in [0.3, 0.4) is 0 Å². The van der Waals surface area contributed by atoms with Gasteiger partial charge in [-0.1, -0.05) is 12.1 Å². The lowest BCUT2D eigenvalue weighted by Gasteiger charge is -2.16. The van der Waals surface area contributed by atoms with E-state index in [4.69, 9.17) is 10.5 Å². The van der Waals surface area contributed by atoms with Crippen LogP contribution in [0.4, 0.5) is 5.69 Å². The van der Waals surface area contributed by atoms with Gasteiger partial charge in [0.2, 0.25) is 0 Å². The normalized spacial score (nSPS) is 12.1. The van der Waals surface area contributed by atoms with Gasteiger partial charge < -0.3 is 15.0 Å². The van der Waals surface area contributed by atoms with E-state index in [0.717, 1.165) is 5.56 Å². The van der Waals surface area contributed by atoms with Gasteiger partial charge in [-0.25, -0.2) is 4.79 Å². The number of carbonyl (C=O) groups excluding carboxylic acids is 1. The van der Waals surface area contributed by atoms with Gasteiger partial charge in [-0.2, -0.15) is 0 Å². The molecule has 0 amide bonds. The van der Waals surface area contributed by atoms with Crippen molar-refractivity contribution in [2.24, 2.45) is 0 Å². The Morgan fingerprint density at radius 2 is 1.89 bits per heavy atom. The number of nitrogen functional groups attached to an aromatic ring is 1. The van der Waals surface area contributed by atoms with Crippen molar-refractivity contribution in [3.05, 3.63) is 54.4 Å². The molecule has 2 rings (SSSR count). The Hall–Kier alpha value is -2.23. The molecule has 2 N–H and O–H groups in total. The molecular weight excluding hydrogens is 228 g/mol. The SMILES string of the molecule is COC(=O)C(Cc1ccc(N)cc1)n1cccc1. The first-order valence-corrected chi connectivity index (χ1v) is 5.75. The van der Waals surface area contributed by atoms with Crippen molar-refractivity contribution in [1.29, 1.82) is 0 Å². The van der Waals surface area contributed by atoms with Gasteiger partial charge in [0.25, 0.3) is 0 Å². The fourth-order valence-corrected chi connectivity index (χ4v) is 1.88. The maximum atomic E-state index is 11.8. The topological polar surface area (TPSA) is 57.2 Å². The van der Waals surface area contributed by atoms with Crippen molar-refractivity contribution < 1.29 is 9.53 Å². The summed E-state index contributed by atoms with van der Waals surface area (Å²) in [6.45, 7) is 0. The number of methoxy groups -OCH3 is 1. The van der Waals surface area contributed by atoms with Crippen LogP contribution in [0.2, 0.25) is 0 Å². The number of esters is 1. The fraction of sp³-hybridized carbons (Fsp3) is 0.214. The largest absolute Gasteiger partial charge is 0.467 e. The molecule has 0 aliphatic heterocycles. The van der Waals surface area contributed by atoms with Crippen LogP contribution >= 0.6 is 0 Å². The molecule has 0 bridgehead atoms. The number of rotatable bonds is 4. The van der Waals surface area contributed by atoms with Crippen molar-refractivity contribution in [1.82, 2.24) is 4.57 Å². The van der Waals surface area contributed by atoms with E-state index >= 15 is 0 Å². The van der Waals surface area contributed by atoms with Crippen molar-refractivity contribution in [3.63, 3.8) is 0 Å². The summed E-state index contributed by atoms with van der Waals surface area (Å²) in [6.07, 6.45) is 4.30. The van der Waals surface area contributed by atoms with E-state index in [1.165, 1.54) is 7.11 Å². The Morgan fingerprint density at radius 1 is 1.28 bits per heavy atom. The third-order valence-electron chi connectivity index (χ3n) is 2.87. The maximum absolute atomic E-state index is 11.8. The lowest BCUT2D eigenvalue weighted by molar-refractivity contribution is -0.144. The Bertz CT molecular complexity index is 503. The van der Waals surface area contributed by atoms with E-state index in [0.29, 0.717) is 12.1 Å². The molecule has 0 spiro atoms. The van der Waals surface area contributed by atoms with Crippen molar-refractivity contribution in [2.45, 2.75) is 12.5 Å². The summed E-state index contributed by atoms with van der Waals surface area (Å²) >= 11 is 0. The van der Waals surface area contributed by atoms with Crippen LogP contribution in [0.15, 0.2) is 48.8 Å². The first-order valence-electron chi connectivity index (χ1n) is 5.75.